The summed E-state index contributed by atoms with van der Waals surface area (Å²) in [6.07, 6.45) is 5.23. The SMILES string of the molecule is NCCCCCC(=O)OCCOC(=O)CCC(=O)OCCOC(=O)CCCCCN. The van der Waals surface area contributed by atoms with Crippen LogP contribution in [-0.2, 0) is 38.1 Å². The first-order chi connectivity index (χ1) is 14.5. The quantitative estimate of drug-likeness (QED) is 0.171. The van der Waals surface area contributed by atoms with Gasteiger partial charge in [0.2, 0.25) is 0 Å². The van der Waals surface area contributed by atoms with Crippen molar-refractivity contribution in [2.45, 2.75) is 64.2 Å². The lowest BCUT2D eigenvalue weighted by molar-refractivity contribution is -0.155. The maximum Gasteiger partial charge on any atom is 0.306 e. The molecule has 0 heterocycles. The molecule has 0 fully saturated rings. The standard InChI is InChI=1S/C20H36N2O8/c21-11-5-1-3-7-17(23)27-13-15-29-19(25)9-10-20(26)30-16-14-28-18(24)8-4-2-6-12-22/h1-16,21-22H2. The van der Waals surface area contributed by atoms with Crippen LogP contribution in [0.3, 0.4) is 0 Å². The van der Waals surface area contributed by atoms with Crippen molar-refractivity contribution in [2.75, 3.05) is 39.5 Å². The lowest BCUT2D eigenvalue weighted by atomic mass is 10.2. The number of unbranched alkanes of at least 4 members (excludes halogenated alkanes) is 4. The molecule has 0 aromatic heterocycles. The van der Waals surface area contributed by atoms with Crippen molar-refractivity contribution >= 4 is 23.9 Å². The predicted octanol–water partition coefficient (Wildman–Crippen LogP) is 0.978. The van der Waals surface area contributed by atoms with E-state index in [9.17, 15) is 19.2 Å². The summed E-state index contributed by atoms with van der Waals surface area (Å²) >= 11 is 0. The third-order valence-corrected chi connectivity index (χ3v) is 3.92. The molecule has 30 heavy (non-hydrogen) atoms. The van der Waals surface area contributed by atoms with Crippen LogP contribution in [0.15, 0.2) is 0 Å². The molecule has 0 aliphatic rings. The van der Waals surface area contributed by atoms with Crippen LogP contribution in [0.1, 0.15) is 64.2 Å². The van der Waals surface area contributed by atoms with E-state index in [0.717, 1.165) is 25.7 Å². The normalized spacial score (nSPS) is 10.3. The topological polar surface area (TPSA) is 157 Å². The molecule has 0 aromatic rings. The molecule has 0 unspecified atom stereocenters. The Morgan fingerprint density at radius 3 is 1.03 bits per heavy atom. The molecule has 0 aromatic carbocycles. The highest BCUT2D eigenvalue weighted by atomic mass is 16.6. The Bertz CT molecular complexity index is 455. The van der Waals surface area contributed by atoms with Crippen LogP contribution >= 0.6 is 0 Å². The van der Waals surface area contributed by atoms with Crippen LogP contribution < -0.4 is 11.5 Å². The van der Waals surface area contributed by atoms with Gasteiger partial charge in [-0.1, -0.05) is 12.8 Å². The van der Waals surface area contributed by atoms with E-state index in [4.69, 9.17) is 30.4 Å². The van der Waals surface area contributed by atoms with Gasteiger partial charge in [0.05, 0.1) is 12.8 Å². The fraction of sp³-hybridized carbons (Fsp3) is 0.800. The molecule has 174 valence electrons. The molecule has 0 saturated carbocycles. The van der Waals surface area contributed by atoms with Crippen LogP contribution in [0.4, 0.5) is 0 Å². The van der Waals surface area contributed by atoms with Crippen LogP contribution in [0.2, 0.25) is 0 Å². The van der Waals surface area contributed by atoms with Crippen molar-refractivity contribution in [3.05, 3.63) is 0 Å². The monoisotopic (exact) mass is 432 g/mol. The third kappa shape index (κ3) is 19.1. The van der Waals surface area contributed by atoms with Crippen molar-refractivity contribution in [3.63, 3.8) is 0 Å². The van der Waals surface area contributed by atoms with Gasteiger partial charge in [-0.3, -0.25) is 19.2 Å². The Morgan fingerprint density at radius 2 is 0.733 bits per heavy atom. The second-order valence-electron chi connectivity index (χ2n) is 6.58. The zero-order chi connectivity index (χ0) is 22.5. The Morgan fingerprint density at radius 1 is 0.433 bits per heavy atom. The van der Waals surface area contributed by atoms with Gasteiger partial charge >= 0.3 is 23.9 Å². The third-order valence-electron chi connectivity index (χ3n) is 3.92. The number of carbonyl (C=O) groups excluding carboxylic acids is 4. The molecule has 0 saturated heterocycles. The summed E-state index contributed by atoms with van der Waals surface area (Å²) in [5.74, 6) is -1.87. The predicted molar refractivity (Wildman–Crippen MR) is 108 cm³/mol. The van der Waals surface area contributed by atoms with Crippen LogP contribution in [0, 0.1) is 0 Å². The van der Waals surface area contributed by atoms with Gasteiger partial charge in [-0.25, -0.2) is 0 Å². The van der Waals surface area contributed by atoms with Gasteiger partial charge in [0.25, 0.3) is 0 Å². The van der Waals surface area contributed by atoms with E-state index in [1.807, 2.05) is 0 Å². The number of hydrogen-bond donors (Lipinski definition) is 2. The van der Waals surface area contributed by atoms with E-state index >= 15 is 0 Å². The van der Waals surface area contributed by atoms with Gasteiger partial charge in [-0.15, -0.1) is 0 Å². The number of hydrogen-bond acceptors (Lipinski definition) is 10. The second-order valence-corrected chi connectivity index (χ2v) is 6.58. The molecular weight excluding hydrogens is 396 g/mol. The average molecular weight is 433 g/mol. The molecular formula is C20H36N2O8. The number of nitrogens with two attached hydrogens (primary N) is 2. The Balaban J connectivity index is 3.56. The van der Waals surface area contributed by atoms with E-state index in [2.05, 4.69) is 0 Å². The van der Waals surface area contributed by atoms with Gasteiger partial charge < -0.3 is 30.4 Å². The lowest BCUT2D eigenvalue weighted by Gasteiger charge is -2.07. The minimum atomic E-state index is -0.588. The number of carbonyl (C=O) groups is 4. The van der Waals surface area contributed by atoms with Gasteiger partial charge in [0.1, 0.15) is 26.4 Å². The van der Waals surface area contributed by atoms with E-state index in [1.54, 1.807) is 0 Å². The number of ether oxygens (including phenoxy) is 4. The first kappa shape index (κ1) is 27.8. The summed E-state index contributed by atoms with van der Waals surface area (Å²) in [7, 11) is 0. The molecule has 10 nitrogen and oxygen atoms in total. The molecule has 0 atom stereocenters. The van der Waals surface area contributed by atoms with Gasteiger partial charge in [0, 0.05) is 12.8 Å². The molecule has 4 N–H and O–H groups in total. The zero-order valence-electron chi connectivity index (χ0n) is 17.7. The highest BCUT2D eigenvalue weighted by Gasteiger charge is 2.10. The molecule has 0 radical (unpaired) electrons. The highest BCUT2D eigenvalue weighted by Crippen LogP contribution is 2.02. The molecule has 0 aliphatic heterocycles. The lowest BCUT2D eigenvalue weighted by Crippen LogP contribution is -2.16. The van der Waals surface area contributed by atoms with E-state index in [1.165, 1.54) is 0 Å². The highest BCUT2D eigenvalue weighted by molar-refractivity contribution is 5.77. The molecule has 0 spiro atoms. The minimum absolute atomic E-state index is 0.0243. The maximum atomic E-state index is 11.5. The second kappa shape index (κ2) is 20.1. The van der Waals surface area contributed by atoms with Gasteiger partial charge in [0.15, 0.2) is 0 Å². The van der Waals surface area contributed by atoms with E-state index in [-0.39, 0.29) is 51.2 Å². The molecule has 0 bridgehead atoms. The van der Waals surface area contributed by atoms with Crippen molar-refractivity contribution in [1.29, 1.82) is 0 Å². The molecule has 0 rings (SSSR count). The van der Waals surface area contributed by atoms with E-state index in [0.29, 0.717) is 38.8 Å². The Hall–Kier alpha value is -2.20. The number of esters is 4. The summed E-state index contributed by atoms with van der Waals surface area (Å²) in [6, 6.07) is 0. The molecule has 0 amide bonds. The van der Waals surface area contributed by atoms with Crippen molar-refractivity contribution in [3.8, 4) is 0 Å². The first-order valence-electron chi connectivity index (χ1n) is 10.5. The molecule has 0 aliphatic carbocycles. The Kier molecular flexibility index (Phi) is 18.6. The van der Waals surface area contributed by atoms with Crippen molar-refractivity contribution < 1.29 is 38.1 Å². The summed E-state index contributed by atoms with van der Waals surface area (Å²) in [5.41, 5.74) is 10.7. The molecule has 10 heteroatoms. The van der Waals surface area contributed by atoms with Crippen LogP contribution in [-0.4, -0.2) is 63.4 Å². The maximum absolute atomic E-state index is 11.5. The van der Waals surface area contributed by atoms with Crippen LogP contribution in [0.5, 0.6) is 0 Å². The van der Waals surface area contributed by atoms with Crippen molar-refractivity contribution in [1.82, 2.24) is 0 Å². The zero-order valence-corrected chi connectivity index (χ0v) is 17.7. The number of rotatable bonds is 19. The summed E-state index contributed by atoms with van der Waals surface area (Å²) in [4.78, 5) is 45.9. The van der Waals surface area contributed by atoms with Gasteiger partial charge in [-0.05, 0) is 38.8 Å². The average Bonchev–Trinajstić information content (AvgIpc) is 2.73. The fourth-order valence-electron chi connectivity index (χ4n) is 2.30. The summed E-state index contributed by atoms with van der Waals surface area (Å²) in [6.45, 7) is 1.02. The summed E-state index contributed by atoms with van der Waals surface area (Å²) < 4.78 is 19.6. The largest absolute Gasteiger partial charge is 0.462 e. The first-order valence-corrected chi connectivity index (χ1v) is 10.5. The fourth-order valence-corrected chi connectivity index (χ4v) is 2.30. The smallest absolute Gasteiger partial charge is 0.306 e. The van der Waals surface area contributed by atoms with E-state index < -0.39 is 11.9 Å². The minimum Gasteiger partial charge on any atom is -0.462 e. The van der Waals surface area contributed by atoms with Crippen molar-refractivity contribution in [2.24, 2.45) is 11.5 Å². The van der Waals surface area contributed by atoms with Gasteiger partial charge in [-0.2, -0.15) is 0 Å². The summed E-state index contributed by atoms with van der Waals surface area (Å²) in [5, 5.41) is 0. The van der Waals surface area contributed by atoms with Crippen LogP contribution in [0.25, 0.3) is 0 Å². The Labute approximate surface area is 177 Å².